The maximum absolute atomic E-state index is 13.9. The highest BCUT2D eigenvalue weighted by atomic mass is 19.1. The van der Waals surface area contributed by atoms with E-state index < -0.39 is 17.7 Å². The maximum Gasteiger partial charge on any atom is 0.328 e. The van der Waals surface area contributed by atoms with Gasteiger partial charge < -0.3 is 20.3 Å². The standard InChI is InChI=1S/C20H21F2N5O3/c1-25-17-10-15(24-19(28)23-14-4-3-12(21)9-13(14)22)16(27-5-7-30-8-6-27)11-18(17)26(2)20(25)29/h3-4,9-11H,5-8H2,1-2H3,(H2,23,24,28). The number of fused-ring (bicyclic) bond motifs is 1. The van der Waals surface area contributed by atoms with Crippen LogP contribution in [-0.4, -0.2) is 41.5 Å². The van der Waals surface area contributed by atoms with Gasteiger partial charge >= 0.3 is 11.7 Å². The summed E-state index contributed by atoms with van der Waals surface area (Å²) in [4.78, 5) is 26.9. The van der Waals surface area contributed by atoms with Crippen LogP contribution in [0.3, 0.4) is 0 Å². The van der Waals surface area contributed by atoms with Crippen molar-refractivity contribution in [1.29, 1.82) is 0 Å². The Labute approximate surface area is 170 Å². The number of nitrogens with one attached hydrogen (secondary N) is 2. The lowest BCUT2D eigenvalue weighted by Gasteiger charge is -2.30. The third-order valence-corrected chi connectivity index (χ3v) is 5.17. The molecular weight excluding hydrogens is 396 g/mol. The van der Waals surface area contributed by atoms with E-state index in [0.29, 0.717) is 43.6 Å². The zero-order valence-corrected chi connectivity index (χ0v) is 16.5. The van der Waals surface area contributed by atoms with Gasteiger partial charge in [0.25, 0.3) is 0 Å². The van der Waals surface area contributed by atoms with Crippen molar-refractivity contribution in [2.75, 3.05) is 41.8 Å². The van der Waals surface area contributed by atoms with Crippen LogP contribution in [0.2, 0.25) is 0 Å². The monoisotopic (exact) mass is 417 g/mol. The Kier molecular flexibility index (Phi) is 5.17. The number of imidazole rings is 1. The molecule has 8 nitrogen and oxygen atoms in total. The molecule has 2 amide bonds. The molecule has 1 aliphatic heterocycles. The summed E-state index contributed by atoms with van der Waals surface area (Å²) in [6.45, 7) is 2.32. The zero-order valence-electron chi connectivity index (χ0n) is 16.5. The number of morpholine rings is 1. The van der Waals surface area contributed by atoms with Gasteiger partial charge in [-0.3, -0.25) is 9.13 Å². The van der Waals surface area contributed by atoms with Gasteiger partial charge in [0.05, 0.1) is 41.3 Å². The zero-order chi connectivity index (χ0) is 21.4. The summed E-state index contributed by atoms with van der Waals surface area (Å²) in [6, 6.07) is 5.77. The number of aromatic nitrogens is 2. The molecule has 0 saturated carbocycles. The second kappa shape index (κ2) is 7.79. The summed E-state index contributed by atoms with van der Waals surface area (Å²) in [5, 5.41) is 5.12. The van der Waals surface area contributed by atoms with Gasteiger partial charge in [0.2, 0.25) is 0 Å². The number of carbonyl (C=O) groups is 1. The summed E-state index contributed by atoms with van der Waals surface area (Å²) in [5.74, 6) is -1.61. The number of nitrogens with zero attached hydrogens (tertiary/aromatic N) is 3. The number of benzene rings is 2. The lowest BCUT2D eigenvalue weighted by atomic mass is 10.2. The van der Waals surface area contributed by atoms with Crippen LogP contribution < -0.4 is 21.2 Å². The molecule has 2 heterocycles. The minimum Gasteiger partial charge on any atom is -0.378 e. The van der Waals surface area contributed by atoms with Crippen LogP contribution in [0, 0.1) is 11.6 Å². The highest BCUT2D eigenvalue weighted by molar-refractivity contribution is 6.04. The fourth-order valence-corrected chi connectivity index (χ4v) is 3.57. The number of hydrogen-bond acceptors (Lipinski definition) is 4. The lowest BCUT2D eigenvalue weighted by Crippen LogP contribution is -2.37. The average molecular weight is 417 g/mol. The smallest absolute Gasteiger partial charge is 0.328 e. The summed E-state index contributed by atoms with van der Waals surface area (Å²) >= 11 is 0. The molecule has 4 rings (SSSR count). The first-order valence-corrected chi connectivity index (χ1v) is 9.40. The number of halogens is 2. The molecule has 2 N–H and O–H groups in total. The van der Waals surface area contributed by atoms with Crippen LogP contribution >= 0.6 is 0 Å². The van der Waals surface area contributed by atoms with Gasteiger partial charge in [-0.05, 0) is 24.3 Å². The fraction of sp³-hybridized carbons (Fsp3) is 0.300. The molecule has 0 unspecified atom stereocenters. The molecule has 1 fully saturated rings. The Bertz CT molecular complexity index is 1180. The predicted octanol–water partition coefficient (Wildman–Crippen LogP) is 2.64. The van der Waals surface area contributed by atoms with Crippen molar-refractivity contribution in [2.45, 2.75) is 0 Å². The van der Waals surface area contributed by atoms with E-state index in [1.165, 1.54) is 9.13 Å². The predicted molar refractivity (Wildman–Crippen MR) is 110 cm³/mol. The van der Waals surface area contributed by atoms with E-state index >= 15 is 0 Å². The van der Waals surface area contributed by atoms with Crippen LogP contribution in [0.15, 0.2) is 35.1 Å². The van der Waals surface area contributed by atoms with Gasteiger partial charge in [-0.25, -0.2) is 18.4 Å². The van der Waals surface area contributed by atoms with Gasteiger partial charge in [0, 0.05) is 33.3 Å². The van der Waals surface area contributed by atoms with Crippen LogP contribution in [0.4, 0.5) is 30.6 Å². The summed E-state index contributed by atoms with van der Waals surface area (Å²) in [6.07, 6.45) is 0. The first-order chi connectivity index (χ1) is 14.3. The van der Waals surface area contributed by atoms with Gasteiger partial charge in [0.15, 0.2) is 0 Å². The minimum absolute atomic E-state index is 0.144. The second-order valence-electron chi connectivity index (χ2n) is 7.06. The maximum atomic E-state index is 13.9. The summed E-state index contributed by atoms with van der Waals surface area (Å²) in [7, 11) is 3.34. The Morgan fingerprint density at radius 3 is 2.27 bits per heavy atom. The SMILES string of the molecule is Cn1c(=O)n(C)c2cc(N3CCOCC3)c(NC(=O)Nc3ccc(F)cc3F)cc21. The average Bonchev–Trinajstić information content (AvgIpc) is 2.94. The van der Waals surface area contributed by atoms with Gasteiger partial charge in [-0.2, -0.15) is 0 Å². The van der Waals surface area contributed by atoms with E-state index in [2.05, 4.69) is 15.5 Å². The number of hydrogen-bond donors (Lipinski definition) is 2. The molecule has 30 heavy (non-hydrogen) atoms. The number of amides is 2. The van der Waals surface area contributed by atoms with E-state index in [-0.39, 0.29) is 11.4 Å². The van der Waals surface area contributed by atoms with Crippen molar-refractivity contribution in [3.05, 3.63) is 52.5 Å². The third-order valence-electron chi connectivity index (χ3n) is 5.17. The van der Waals surface area contributed by atoms with Crippen molar-refractivity contribution in [3.63, 3.8) is 0 Å². The lowest BCUT2D eigenvalue weighted by molar-refractivity contribution is 0.123. The summed E-state index contributed by atoms with van der Waals surface area (Å²) < 4.78 is 35.4. The molecule has 0 atom stereocenters. The Hall–Kier alpha value is -3.40. The van der Waals surface area contributed by atoms with E-state index in [1.54, 1.807) is 20.2 Å². The second-order valence-corrected chi connectivity index (χ2v) is 7.06. The van der Waals surface area contributed by atoms with E-state index in [1.807, 2.05) is 6.07 Å². The van der Waals surface area contributed by atoms with E-state index in [9.17, 15) is 18.4 Å². The number of anilines is 3. The minimum atomic E-state index is -0.875. The van der Waals surface area contributed by atoms with Crippen molar-refractivity contribution in [1.82, 2.24) is 9.13 Å². The quantitative estimate of drug-likeness (QED) is 0.687. The number of urea groups is 1. The molecule has 1 aliphatic rings. The molecule has 1 saturated heterocycles. The van der Waals surface area contributed by atoms with Crippen LogP contribution in [0.5, 0.6) is 0 Å². The number of ether oxygens (including phenoxy) is 1. The first kappa shape index (κ1) is 19.9. The van der Waals surface area contributed by atoms with Crippen molar-refractivity contribution < 1.29 is 18.3 Å². The molecule has 1 aromatic heterocycles. The Morgan fingerprint density at radius 2 is 1.60 bits per heavy atom. The third kappa shape index (κ3) is 3.61. The van der Waals surface area contributed by atoms with Gasteiger partial charge in [-0.15, -0.1) is 0 Å². The molecule has 158 valence electrons. The van der Waals surface area contributed by atoms with Gasteiger partial charge in [-0.1, -0.05) is 0 Å². The molecular formula is C20H21F2N5O3. The topological polar surface area (TPSA) is 80.5 Å². The van der Waals surface area contributed by atoms with Crippen LogP contribution in [0.1, 0.15) is 0 Å². The van der Waals surface area contributed by atoms with Crippen LogP contribution in [-0.2, 0) is 18.8 Å². The van der Waals surface area contributed by atoms with Crippen LogP contribution in [0.25, 0.3) is 11.0 Å². The number of carbonyl (C=O) groups excluding carboxylic acids is 1. The highest BCUT2D eigenvalue weighted by Crippen LogP contribution is 2.32. The normalized spacial score (nSPS) is 14.2. The Morgan fingerprint density at radius 1 is 0.967 bits per heavy atom. The highest BCUT2D eigenvalue weighted by Gasteiger charge is 2.20. The molecule has 0 bridgehead atoms. The summed E-state index contributed by atoms with van der Waals surface area (Å²) in [5.41, 5.74) is 2.22. The fourth-order valence-electron chi connectivity index (χ4n) is 3.57. The largest absolute Gasteiger partial charge is 0.378 e. The van der Waals surface area contributed by atoms with Crippen molar-refractivity contribution in [3.8, 4) is 0 Å². The molecule has 3 aromatic rings. The molecule has 0 aliphatic carbocycles. The molecule has 10 heteroatoms. The number of rotatable bonds is 3. The molecule has 0 radical (unpaired) electrons. The molecule has 2 aromatic carbocycles. The first-order valence-electron chi connectivity index (χ1n) is 9.40. The molecule has 0 spiro atoms. The van der Waals surface area contributed by atoms with Gasteiger partial charge in [0.1, 0.15) is 11.6 Å². The van der Waals surface area contributed by atoms with E-state index in [0.717, 1.165) is 23.3 Å². The Balaban J connectivity index is 1.71. The number of aryl methyl sites for hydroxylation is 2. The van der Waals surface area contributed by atoms with Crippen molar-refractivity contribution in [2.24, 2.45) is 14.1 Å². The van der Waals surface area contributed by atoms with Crippen molar-refractivity contribution >= 4 is 34.1 Å². The van der Waals surface area contributed by atoms with E-state index in [4.69, 9.17) is 4.74 Å².